The van der Waals surface area contributed by atoms with Gasteiger partial charge in [0.15, 0.2) is 5.43 Å². The number of nitrogens with one attached hydrogen (secondary N) is 2. The van der Waals surface area contributed by atoms with Crippen LogP contribution in [0, 0.1) is 12.8 Å². The van der Waals surface area contributed by atoms with Gasteiger partial charge in [0.1, 0.15) is 11.3 Å². The number of aryl methyl sites for hydroxylation is 1. The molecule has 1 fully saturated rings. The largest absolute Gasteiger partial charge is 0.495 e. The number of pyridine rings is 1. The number of H-pyrrole nitrogens is 1. The van der Waals surface area contributed by atoms with Gasteiger partial charge in [0, 0.05) is 37.6 Å². The zero-order valence-electron chi connectivity index (χ0n) is 14.5. The maximum atomic E-state index is 12.2. The van der Waals surface area contributed by atoms with E-state index in [0.29, 0.717) is 12.5 Å². The van der Waals surface area contributed by atoms with Gasteiger partial charge >= 0.3 is 0 Å². The Morgan fingerprint density at radius 2 is 2.20 bits per heavy atom. The van der Waals surface area contributed by atoms with Gasteiger partial charge in [-0.15, -0.1) is 0 Å². The number of nitrogens with zero attached hydrogens (tertiary/aromatic N) is 1. The Hall–Kier alpha value is -2.76. The average molecular weight is 341 g/mol. The van der Waals surface area contributed by atoms with Crippen molar-refractivity contribution in [2.24, 2.45) is 5.92 Å². The van der Waals surface area contributed by atoms with Crippen LogP contribution in [0.1, 0.15) is 22.5 Å². The fourth-order valence-corrected chi connectivity index (χ4v) is 3.19. The summed E-state index contributed by atoms with van der Waals surface area (Å²) >= 11 is 0. The lowest BCUT2D eigenvalue weighted by Crippen LogP contribution is -2.33. The second kappa shape index (κ2) is 7.42. The topological polar surface area (TPSA) is 74.4 Å². The predicted molar refractivity (Wildman–Crippen MR) is 97.4 cm³/mol. The number of hydrogen-bond acceptors (Lipinski definition) is 4. The summed E-state index contributed by atoms with van der Waals surface area (Å²) in [5.74, 6) is 0.883. The van der Waals surface area contributed by atoms with Crippen LogP contribution in [0.5, 0.6) is 5.75 Å². The van der Waals surface area contributed by atoms with Gasteiger partial charge in [0.25, 0.3) is 5.91 Å². The summed E-state index contributed by atoms with van der Waals surface area (Å²) in [6, 6.07) is 9.39. The highest BCUT2D eigenvalue weighted by Crippen LogP contribution is 2.31. The molecule has 1 atom stereocenters. The van der Waals surface area contributed by atoms with Crippen LogP contribution < -0.4 is 20.4 Å². The van der Waals surface area contributed by atoms with Gasteiger partial charge in [-0.2, -0.15) is 0 Å². The molecule has 2 N–H and O–H groups in total. The van der Waals surface area contributed by atoms with Crippen molar-refractivity contribution in [3.05, 3.63) is 58.0 Å². The van der Waals surface area contributed by atoms with Gasteiger partial charge in [-0.3, -0.25) is 9.59 Å². The second-order valence-corrected chi connectivity index (χ2v) is 6.38. The third-order valence-corrected chi connectivity index (χ3v) is 4.56. The molecule has 1 amide bonds. The minimum atomic E-state index is -0.322. The summed E-state index contributed by atoms with van der Waals surface area (Å²) in [4.78, 5) is 29.3. The number of methoxy groups -OCH3 is 1. The van der Waals surface area contributed by atoms with Gasteiger partial charge in [-0.25, -0.2) is 0 Å². The number of hydrogen-bond donors (Lipinski definition) is 2. The fourth-order valence-electron chi connectivity index (χ4n) is 3.19. The van der Waals surface area contributed by atoms with Crippen molar-refractivity contribution in [3.8, 4) is 5.75 Å². The first kappa shape index (κ1) is 17.1. The third kappa shape index (κ3) is 3.84. The smallest absolute Gasteiger partial charge is 0.256 e. The van der Waals surface area contributed by atoms with E-state index in [2.05, 4.69) is 15.2 Å². The first-order valence-electron chi connectivity index (χ1n) is 8.44. The van der Waals surface area contributed by atoms with Crippen molar-refractivity contribution in [2.75, 3.05) is 31.6 Å². The summed E-state index contributed by atoms with van der Waals surface area (Å²) in [6.07, 6.45) is 2.46. The number of para-hydroxylation sites is 2. The van der Waals surface area contributed by atoms with Crippen LogP contribution in [0.25, 0.3) is 0 Å². The van der Waals surface area contributed by atoms with Gasteiger partial charge in [0.05, 0.1) is 12.8 Å². The highest BCUT2D eigenvalue weighted by atomic mass is 16.5. The number of ether oxygens (including phenoxy) is 1. The molecule has 1 unspecified atom stereocenters. The van der Waals surface area contributed by atoms with E-state index < -0.39 is 0 Å². The van der Waals surface area contributed by atoms with Crippen LogP contribution in [0.2, 0.25) is 0 Å². The first-order chi connectivity index (χ1) is 12.1. The molecule has 2 heterocycles. The van der Waals surface area contributed by atoms with E-state index in [0.717, 1.165) is 36.6 Å². The molecule has 6 nitrogen and oxygen atoms in total. The van der Waals surface area contributed by atoms with Gasteiger partial charge in [-0.1, -0.05) is 12.1 Å². The monoisotopic (exact) mass is 341 g/mol. The number of rotatable bonds is 5. The minimum Gasteiger partial charge on any atom is -0.495 e. The van der Waals surface area contributed by atoms with E-state index in [1.807, 2.05) is 24.3 Å². The van der Waals surface area contributed by atoms with Crippen molar-refractivity contribution in [2.45, 2.75) is 13.3 Å². The number of amides is 1. The summed E-state index contributed by atoms with van der Waals surface area (Å²) in [7, 11) is 1.67. The Bertz CT molecular complexity index is 816. The molecule has 2 aromatic rings. The van der Waals surface area contributed by atoms with Crippen LogP contribution in [0.15, 0.2) is 41.3 Å². The quantitative estimate of drug-likeness (QED) is 0.872. The summed E-state index contributed by atoms with van der Waals surface area (Å²) in [6.45, 7) is 4.11. The molecule has 0 saturated carbocycles. The average Bonchev–Trinajstić information content (AvgIpc) is 3.08. The highest BCUT2D eigenvalue weighted by molar-refractivity contribution is 5.93. The number of aromatic nitrogens is 1. The zero-order chi connectivity index (χ0) is 17.8. The molecule has 0 aliphatic carbocycles. The number of carbonyl (C=O) groups excluding carboxylic acids is 1. The molecule has 132 valence electrons. The standard InChI is InChI=1S/C19H23N3O3/c1-13-9-17(23)15(11-20-13)19(24)21-10-14-7-8-22(12-14)16-5-3-4-6-18(16)25-2/h3-6,9,11,14H,7-8,10,12H2,1-2H3,(H,20,23)(H,21,24). The van der Waals surface area contributed by atoms with E-state index in [4.69, 9.17) is 4.74 Å². The van der Waals surface area contributed by atoms with Crippen LogP contribution in [-0.4, -0.2) is 37.6 Å². The van der Waals surface area contributed by atoms with Crippen LogP contribution in [-0.2, 0) is 0 Å². The molecule has 0 radical (unpaired) electrons. The van der Waals surface area contributed by atoms with Crippen molar-refractivity contribution >= 4 is 11.6 Å². The maximum absolute atomic E-state index is 12.2. The Kier molecular flexibility index (Phi) is 5.07. The zero-order valence-corrected chi connectivity index (χ0v) is 14.5. The molecule has 25 heavy (non-hydrogen) atoms. The second-order valence-electron chi connectivity index (χ2n) is 6.38. The number of carbonyl (C=O) groups is 1. The van der Waals surface area contributed by atoms with E-state index in [-0.39, 0.29) is 16.9 Å². The molecule has 1 aliphatic heterocycles. The third-order valence-electron chi connectivity index (χ3n) is 4.56. The van der Waals surface area contributed by atoms with Gasteiger partial charge < -0.3 is 19.9 Å². The highest BCUT2D eigenvalue weighted by Gasteiger charge is 2.25. The Morgan fingerprint density at radius 1 is 1.40 bits per heavy atom. The maximum Gasteiger partial charge on any atom is 0.256 e. The lowest BCUT2D eigenvalue weighted by Gasteiger charge is -2.21. The Morgan fingerprint density at radius 3 is 2.96 bits per heavy atom. The van der Waals surface area contributed by atoms with Crippen LogP contribution >= 0.6 is 0 Å². The first-order valence-corrected chi connectivity index (χ1v) is 8.44. The molecule has 1 aliphatic rings. The molecule has 3 rings (SSSR count). The Labute approximate surface area is 146 Å². The number of benzene rings is 1. The summed E-state index contributed by atoms with van der Waals surface area (Å²) < 4.78 is 5.42. The predicted octanol–water partition coefficient (Wildman–Crippen LogP) is 1.95. The SMILES string of the molecule is COc1ccccc1N1CCC(CNC(=O)c2c[nH]c(C)cc2=O)C1. The molecular weight excluding hydrogens is 318 g/mol. The van der Waals surface area contributed by atoms with Crippen molar-refractivity contribution in [1.29, 1.82) is 0 Å². The Balaban J connectivity index is 1.58. The van der Waals surface area contributed by atoms with E-state index in [9.17, 15) is 9.59 Å². The van der Waals surface area contributed by atoms with Gasteiger partial charge in [-0.05, 0) is 31.4 Å². The van der Waals surface area contributed by atoms with Gasteiger partial charge in [0.2, 0.25) is 0 Å². The van der Waals surface area contributed by atoms with Crippen molar-refractivity contribution in [1.82, 2.24) is 10.3 Å². The number of anilines is 1. The molecule has 1 aromatic carbocycles. The van der Waals surface area contributed by atoms with E-state index in [1.54, 1.807) is 14.0 Å². The molecule has 6 heteroatoms. The molecule has 0 spiro atoms. The number of aromatic amines is 1. The summed E-state index contributed by atoms with van der Waals surface area (Å²) in [5, 5.41) is 2.88. The van der Waals surface area contributed by atoms with E-state index >= 15 is 0 Å². The molecule has 1 aromatic heterocycles. The normalized spacial score (nSPS) is 16.7. The minimum absolute atomic E-state index is 0.158. The van der Waals surface area contributed by atoms with E-state index in [1.165, 1.54) is 12.3 Å². The van der Waals surface area contributed by atoms with Crippen LogP contribution in [0.3, 0.4) is 0 Å². The molecule has 1 saturated heterocycles. The van der Waals surface area contributed by atoms with Crippen molar-refractivity contribution in [3.63, 3.8) is 0 Å². The molecular formula is C19H23N3O3. The fraction of sp³-hybridized carbons (Fsp3) is 0.368. The van der Waals surface area contributed by atoms with Crippen LogP contribution in [0.4, 0.5) is 5.69 Å². The lowest BCUT2D eigenvalue weighted by atomic mass is 10.1. The summed E-state index contributed by atoms with van der Waals surface area (Å²) in [5.41, 5.74) is 1.72. The van der Waals surface area contributed by atoms with Crippen molar-refractivity contribution < 1.29 is 9.53 Å². The lowest BCUT2D eigenvalue weighted by molar-refractivity contribution is 0.0947. The molecule has 0 bridgehead atoms.